The van der Waals surface area contributed by atoms with Crippen LogP contribution in [-0.4, -0.2) is 31.4 Å². The zero-order chi connectivity index (χ0) is 14.8. The lowest BCUT2D eigenvalue weighted by atomic mass is 10.1. The fourth-order valence-electron chi connectivity index (χ4n) is 2.93. The Balaban J connectivity index is 2.25. The summed E-state index contributed by atoms with van der Waals surface area (Å²) in [7, 11) is -1.82. The summed E-state index contributed by atoms with van der Waals surface area (Å²) in [5, 5.41) is 9.27. The van der Waals surface area contributed by atoms with E-state index in [1.54, 1.807) is 32.2 Å². The maximum atomic E-state index is 12.7. The first-order chi connectivity index (χ1) is 9.46. The molecule has 1 aromatic rings. The lowest BCUT2D eigenvalue weighted by molar-refractivity contribution is 0.280. The molecule has 0 amide bonds. The highest BCUT2D eigenvalue weighted by Gasteiger charge is 2.27. The van der Waals surface area contributed by atoms with Gasteiger partial charge in [-0.25, -0.2) is 12.7 Å². The number of aliphatic hydroxyl groups is 1. The second kappa shape index (κ2) is 6.24. The number of nitrogens with zero attached hydrogens (tertiary/aromatic N) is 1. The molecular formula is C15H23NO3S. The van der Waals surface area contributed by atoms with Gasteiger partial charge in [-0.1, -0.05) is 25.0 Å². The van der Waals surface area contributed by atoms with Crippen LogP contribution < -0.4 is 0 Å². The Morgan fingerprint density at radius 1 is 1.30 bits per heavy atom. The standard InChI is InChI=1S/C15H23NO3S/c1-12-14(11-17)8-5-9-15(12)20(18,19)16(2)10-13-6-3-4-7-13/h5,8-9,13,17H,3-4,6-7,10-11H2,1-2H3. The number of hydrogen-bond donors (Lipinski definition) is 1. The van der Waals surface area contributed by atoms with Gasteiger partial charge >= 0.3 is 0 Å². The van der Waals surface area contributed by atoms with E-state index in [2.05, 4.69) is 0 Å². The molecule has 1 saturated carbocycles. The second-order valence-electron chi connectivity index (χ2n) is 5.63. The van der Waals surface area contributed by atoms with Crippen molar-refractivity contribution in [1.29, 1.82) is 0 Å². The lowest BCUT2D eigenvalue weighted by Crippen LogP contribution is -2.31. The summed E-state index contributed by atoms with van der Waals surface area (Å²) < 4.78 is 26.8. The average Bonchev–Trinajstić information content (AvgIpc) is 2.91. The maximum absolute atomic E-state index is 12.7. The van der Waals surface area contributed by atoms with Crippen LogP contribution in [0, 0.1) is 12.8 Å². The highest BCUT2D eigenvalue weighted by molar-refractivity contribution is 7.89. The van der Waals surface area contributed by atoms with E-state index in [-0.39, 0.29) is 6.61 Å². The maximum Gasteiger partial charge on any atom is 0.243 e. The molecule has 1 fully saturated rings. The van der Waals surface area contributed by atoms with Gasteiger partial charge in [0.2, 0.25) is 10.0 Å². The molecule has 0 unspecified atom stereocenters. The van der Waals surface area contributed by atoms with E-state index in [0.717, 1.165) is 12.8 Å². The number of rotatable bonds is 5. The van der Waals surface area contributed by atoms with E-state index >= 15 is 0 Å². The van der Waals surface area contributed by atoms with Crippen molar-refractivity contribution < 1.29 is 13.5 Å². The van der Waals surface area contributed by atoms with Gasteiger partial charge in [-0.2, -0.15) is 0 Å². The zero-order valence-electron chi connectivity index (χ0n) is 12.2. The van der Waals surface area contributed by atoms with Crippen molar-refractivity contribution in [2.75, 3.05) is 13.6 Å². The van der Waals surface area contributed by atoms with Gasteiger partial charge in [-0.15, -0.1) is 0 Å². The first kappa shape index (κ1) is 15.5. The monoisotopic (exact) mass is 297 g/mol. The summed E-state index contributed by atoms with van der Waals surface area (Å²) in [6.07, 6.45) is 4.65. The zero-order valence-corrected chi connectivity index (χ0v) is 13.0. The molecule has 0 heterocycles. The Kier molecular flexibility index (Phi) is 4.83. The minimum Gasteiger partial charge on any atom is -0.392 e. The van der Waals surface area contributed by atoms with Crippen LogP contribution >= 0.6 is 0 Å². The van der Waals surface area contributed by atoms with Crippen LogP contribution in [0.4, 0.5) is 0 Å². The highest BCUT2D eigenvalue weighted by atomic mass is 32.2. The van der Waals surface area contributed by atoms with Crippen LogP contribution in [-0.2, 0) is 16.6 Å². The van der Waals surface area contributed by atoms with E-state index in [1.165, 1.54) is 17.1 Å². The molecule has 5 heteroatoms. The molecule has 0 aromatic heterocycles. The van der Waals surface area contributed by atoms with Gasteiger partial charge < -0.3 is 5.11 Å². The van der Waals surface area contributed by atoms with Crippen molar-refractivity contribution in [3.8, 4) is 0 Å². The van der Waals surface area contributed by atoms with Gasteiger partial charge in [-0.3, -0.25) is 0 Å². The summed E-state index contributed by atoms with van der Waals surface area (Å²) in [5.41, 5.74) is 1.31. The fourth-order valence-corrected chi connectivity index (χ4v) is 4.44. The van der Waals surface area contributed by atoms with Crippen molar-refractivity contribution in [3.05, 3.63) is 29.3 Å². The van der Waals surface area contributed by atoms with Gasteiger partial charge in [0.1, 0.15) is 0 Å². The van der Waals surface area contributed by atoms with E-state index in [9.17, 15) is 13.5 Å². The Morgan fingerprint density at radius 3 is 2.55 bits per heavy atom. The summed E-state index contributed by atoms with van der Waals surface area (Å²) in [6.45, 7) is 2.20. The molecule has 0 radical (unpaired) electrons. The smallest absolute Gasteiger partial charge is 0.243 e. The third-order valence-electron chi connectivity index (χ3n) is 4.24. The SMILES string of the molecule is Cc1c(CO)cccc1S(=O)(=O)N(C)CC1CCCC1. The molecule has 2 rings (SSSR count). The van der Waals surface area contributed by atoms with Gasteiger partial charge in [0.25, 0.3) is 0 Å². The highest BCUT2D eigenvalue weighted by Crippen LogP contribution is 2.28. The first-order valence-electron chi connectivity index (χ1n) is 7.12. The number of sulfonamides is 1. The van der Waals surface area contributed by atoms with E-state index in [1.807, 2.05) is 0 Å². The molecular weight excluding hydrogens is 274 g/mol. The van der Waals surface area contributed by atoms with Crippen LogP contribution in [0.15, 0.2) is 23.1 Å². The largest absolute Gasteiger partial charge is 0.392 e. The molecule has 0 spiro atoms. The van der Waals surface area contributed by atoms with Crippen molar-refractivity contribution in [2.45, 2.75) is 44.1 Å². The molecule has 4 nitrogen and oxygen atoms in total. The van der Waals surface area contributed by atoms with Crippen LogP contribution in [0.5, 0.6) is 0 Å². The van der Waals surface area contributed by atoms with Crippen molar-refractivity contribution in [3.63, 3.8) is 0 Å². The third kappa shape index (κ3) is 3.05. The summed E-state index contributed by atoms with van der Waals surface area (Å²) in [4.78, 5) is 0.310. The second-order valence-corrected chi connectivity index (χ2v) is 7.65. The fraction of sp³-hybridized carbons (Fsp3) is 0.600. The van der Waals surface area contributed by atoms with Gasteiger partial charge in [-0.05, 0) is 42.9 Å². The van der Waals surface area contributed by atoms with Crippen LogP contribution in [0.25, 0.3) is 0 Å². The molecule has 0 atom stereocenters. The summed E-state index contributed by atoms with van der Waals surface area (Å²) in [6, 6.07) is 5.06. The average molecular weight is 297 g/mol. The van der Waals surface area contributed by atoms with Gasteiger partial charge in [0.05, 0.1) is 11.5 Å². The molecule has 1 N–H and O–H groups in total. The van der Waals surface area contributed by atoms with Crippen molar-refractivity contribution in [1.82, 2.24) is 4.31 Å². The molecule has 0 saturated heterocycles. The molecule has 112 valence electrons. The molecule has 0 bridgehead atoms. The summed E-state index contributed by atoms with van der Waals surface area (Å²) in [5.74, 6) is 0.483. The molecule has 1 aliphatic rings. The predicted octanol–water partition coefficient (Wildman–Crippen LogP) is 2.30. The quantitative estimate of drug-likeness (QED) is 0.907. The first-order valence-corrected chi connectivity index (χ1v) is 8.56. The van der Waals surface area contributed by atoms with E-state index < -0.39 is 10.0 Å². The normalized spacial score (nSPS) is 17.0. The van der Waals surface area contributed by atoms with Gasteiger partial charge in [0, 0.05) is 13.6 Å². The Hall–Kier alpha value is -0.910. The predicted molar refractivity (Wildman–Crippen MR) is 78.9 cm³/mol. The molecule has 1 aromatic carbocycles. The minimum atomic E-state index is -3.47. The number of aliphatic hydroxyl groups excluding tert-OH is 1. The van der Waals surface area contributed by atoms with E-state index in [0.29, 0.717) is 28.5 Å². The lowest BCUT2D eigenvalue weighted by Gasteiger charge is -2.22. The Bertz CT molecular complexity index is 562. The summed E-state index contributed by atoms with van der Waals surface area (Å²) >= 11 is 0. The molecule has 0 aliphatic heterocycles. The van der Waals surface area contributed by atoms with Crippen molar-refractivity contribution >= 4 is 10.0 Å². The topological polar surface area (TPSA) is 57.6 Å². The third-order valence-corrected chi connectivity index (χ3v) is 6.21. The van der Waals surface area contributed by atoms with E-state index in [4.69, 9.17) is 0 Å². The Labute approximate surface area is 121 Å². The van der Waals surface area contributed by atoms with Crippen LogP contribution in [0.1, 0.15) is 36.8 Å². The number of benzene rings is 1. The number of hydrogen-bond acceptors (Lipinski definition) is 3. The Morgan fingerprint density at radius 2 is 1.95 bits per heavy atom. The minimum absolute atomic E-state index is 0.137. The molecule has 20 heavy (non-hydrogen) atoms. The van der Waals surface area contributed by atoms with Crippen molar-refractivity contribution in [2.24, 2.45) is 5.92 Å². The van der Waals surface area contributed by atoms with Crippen LogP contribution in [0.3, 0.4) is 0 Å². The molecule has 1 aliphatic carbocycles. The van der Waals surface area contributed by atoms with Crippen LogP contribution in [0.2, 0.25) is 0 Å². The van der Waals surface area contributed by atoms with Gasteiger partial charge in [0.15, 0.2) is 0 Å².